The van der Waals surface area contributed by atoms with Crippen molar-refractivity contribution in [3.05, 3.63) is 53.1 Å². The topological polar surface area (TPSA) is 12.0 Å². The van der Waals surface area contributed by atoms with Gasteiger partial charge in [0, 0.05) is 11.9 Å². The first kappa shape index (κ1) is 14.1. The van der Waals surface area contributed by atoms with Gasteiger partial charge in [-0.25, -0.2) is 0 Å². The van der Waals surface area contributed by atoms with Crippen LogP contribution < -0.4 is 15.6 Å². The second kappa shape index (κ2) is 6.20. The molecule has 98 valence electrons. The third-order valence-corrected chi connectivity index (χ3v) is 3.96. The molecule has 2 aromatic rings. The van der Waals surface area contributed by atoms with Gasteiger partial charge in [0.15, 0.2) is 7.28 Å². The highest BCUT2D eigenvalue weighted by Crippen LogP contribution is 2.17. The Kier molecular flexibility index (Phi) is 4.59. The van der Waals surface area contributed by atoms with Crippen molar-refractivity contribution in [2.24, 2.45) is 0 Å². The standard InChI is InChI=1S/C16H20BNS/c1-11-7-5-6-8-14(11)17-15-9-13(3)16(18-19-4)10-12(15)2/h5-10,17-18H,1-4H3. The van der Waals surface area contributed by atoms with E-state index in [0.717, 1.165) is 7.28 Å². The summed E-state index contributed by atoms with van der Waals surface area (Å²) in [6.45, 7) is 6.54. The van der Waals surface area contributed by atoms with Crippen LogP contribution in [-0.2, 0) is 0 Å². The Balaban J connectivity index is 2.31. The van der Waals surface area contributed by atoms with Crippen LogP contribution in [0.1, 0.15) is 16.7 Å². The SMILES string of the molecule is CSNc1cc(C)c(Bc2ccccc2C)cc1C. The highest BCUT2D eigenvalue weighted by atomic mass is 32.2. The molecule has 1 N–H and O–H groups in total. The fraction of sp³-hybridized carbons (Fsp3) is 0.250. The largest absolute Gasteiger partial charge is 0.330 e. The van der Waals surface area contributed by atoms with E-state index in [1.54, 1.807) is 11.9 Å². The Hall–Kier alpha value is -1.35. The van der Waals surface area contributed by atoms with Gasteiger partial charge in [-0.3, -0.25) is 0 Å². The van der Waals surface area contributed by atoms with Gasteiger partial charge in [-0.1, -0.05) is 64.3 Å². The van der Waals surface area contributed by atoms with Crippen molar-refractivity contribution in [3.8, 4) is 0 Å². The Labute approximate surface area is 121 Å². The lowest BCUT2D eigenvalue weighted by Gasteiger charge is -2.13. The highest BCUT2D eigenvalue weighted by molar-refractivity contribution is 7.99. The normalized spacial score (nSPS) is 10.3. The number of aryl methyl sites for hydroxylation is 3. The molecule has 0 unspecified atom stereocenters. The molecule has 0 aliphatic rings. The molecule has 0 aliphatic carbocycles. The quantitative estimate of drug-likeness (QED) is 0.676. The lowest BCUT2D eigenvalue weighted by Crippen LogP contribution is -2.31. The first-order valence-electron chi connectivity index (χ1n) is 6.55. The molecule has 0 saturated heterocycles. The summed E-state index contributed by atoms with van der Waals surface area (Å²) in [6, 6.07) is 13.2. The maximum Gasteiger partial charge on any atom is 0.192 e. The molecule has 0 fully saturated rings. The van der Waals surface area contributed by atoms with Crippen molar-refractivity contribution < 1.29 is 0 Å². The molecule has 3 heteroatoms. The molecule has 0 aromatic heterocycles. The fourth-order valence-electron chi connectivity index (χ4n) is 2.30. The summed E-state index contributed by atoms with van der Waals surface area (Å²) < 4.78 is 3.34. The van der Waals surface area contributed by atoms with Gasteiger partial charge in [0.1, 0.15) is 0 Å². The van der Waals surface area contributed by atoms with Crippen LogP contribution in [0.2, 0.25) is 0 Å². The number of benzene rings is 2. The minimum Gasteiger partial charge on any atom is -0.330 e. The molecule has 1 nitrogen and oxygen atoms in total. The van der Waals surface area contributed by atoms with Gasteiger partial charge >= 0.3 is 0 Å². The minimum absolute atomic E-state index is 1.01. The Morgan fingerprint density at radius 3 is 2.32 bits per heavy atom. The molecule has 0 bridgehead atoms. The first-order valence-corrected chi connectivity index (χ1v) is 7.78. The fourth-order valence-corrected chi connectivity index (χ4v) is 2.74. The molecule has 0 atom stereocenters. The zero-order valence-corrected chi connectivity index (χ0v) is 12.9. The van der Waals surface area contributed by atoms with E-state index in [2.05, 4.69) is 68.1 Å². The van der Waals surface area contributed by atoms with Crippen molar-refractivity contribution in [2.45, 2.75) is 20.8 Å². The summed E-state index contributed by atoms with van der Waals surface area (Å²) in [5, 5.41) is 0. The summed E-state index contributed by atoms with van der Waals surface area (Å²) >= 11 is 1.64. The molecular weight excluding hydrogens is 249 g/mol. The molecule has 0 radical (unpaired) electrons. The van der Waals surface area contributed by atoms with E-state index in [9.17, 15) is 0 Å². The van der Waals surface area contributed by atoms with E-state index in [1.165, 1.54) is 33.3 Å². The van der Waals surface area contributed by atoms with Crippen LogP contribution in [0.5, 0.6) is 0 Å². The molecule has 0 amide bonds. The zero-order chi connectivity index (χ0) is 13.8. The minimum atomic E-state index is 1.01. The average Bonchev–Trinajstić information content (AvgIpc) is 2.38. The monoisotopic (exact) mass is 269 g/mol. The molecule has 0 saturated carbocycles. The smallest absolute Gasteiger partial charge is 0.192 e. The van der Waals surface area contributed by atoms with E-state index < -0.39 is 0 Å². The van der Waals surface area contributed by atoms with E-state index >= 15 is 0 Å². The second-order valence-corrected chi connectivity index (χ2v) is 5.62. The molecule has 19 heavy (non-hydrogen) atoms. The molecule has 0 aliphatic heterocycles. The van der Waals surface area contributed by atoms with Crippen LogP contribution in [0.3, 0.4) is 0 Å². The Bertz CT molecular complexity index is 581. The average molecular weight is 269 g/mol. The van der Waals surface area contributed by atoms with Gasteiger partial charge in [0.25, 0.3) is 0 Å². The molecule has 2 aromatic carbocycles. The van der Waals surface area contributed by atoms with Crippen LogP contribution in [0.15, 0.2) is 36.4 Å². The van der Waals surface area contributed by atoms with Crippen molar-refractivity contribution in [1.29, 1.82) is 0 Å². The maximum atomic E-state index is 3.34. The predicted molar refractivity (Wildman–Crippen MR) is 90.6 cm³/mol. The van der Waals surface area contributed by atoms with Gasteiger partial charge in [0.05, 0.1) is 0 Å². The lowest BCUT2D eigenvalue weighted by molar-refractivity contribution is 1.43. The third kappa shape index (κ3) is 3.35. The third-order valence-electron chi connectivity index (χ3n) is 3.54. The second-order valence-electron chi connectivity index (χ2n) is 5.00. The van der Waals surface area contributed by atoms with E-state index in [1.807, 2.05) is 0 Å². The van der Waals surface area contributed by atoms with Crippen LogP contribution in [-0.4, -0.2) is 13.5 Å². The van der Waals surface area contributed by atoms with Crippen LogP contribution >= 0.6 is 11.9 Å². The van der Waals surface area contributed by atoms with Gasteiger partial charge in [-0.05, 0) is 32.4 Å². The maximum absolute atomic E-state index is 3.34. The summed E-state index contributed by atoms with van der Waals surface area (Å²) in [5.41, 5.74) is 8.08. The van der Waals surface area contributed by atoms with E-state index in [4.69, 9.17) is 0 Å². The van der Waals surface area contributed by atoms with Crippen LogP contribution in [0.25, 0.3) is 0 Å². The number of nitrogens with one attached hydrogen (secondary N) is 1. The molecule has 0 spiro atoms. The first-order chi connectivity index (χ1) is 9.11. The number of hydrogen-bond donors (Lipinski definition) is 1. The van der Waals surface area contributed by atoms with Crippen molar-refractivity contribution in [3.63, 3.8) is 0 Å². The van der Waals surface area contributed by atoms with Crippen LogP contribution in [0.4, 0.5) is 5.69 Å². The van der Waals surface area contributed by atoms with Crippen molar-refractivity contribution in [1.82, 2.24) is 0 Å². The highest BCUT2D eigenvalue weighted by Gasteiger charge is 2.08. The summed E-state index contributed by atoms with van der Waals surface area (Å²) in [7, 11) is 1.01. The summed E-state index contributed by atoms with van der Waals surface area (Å²) in [4.78, 5) is 0. The lowest BCUT2D eigenvalue weighted by atomic mass is 9.61. The molecular formula is C16H20BNS. The van der Waals surface area contributed by atoms with Gasteiger partial charge < -0.3 is 4.72 Å². The molecule has 2 rings (SSSR count). The number of anilines is 1. The van der Waals surface area contributed by atoms with Gasteiger partial charge in [0.2, 0.25) is 0 Å². The van der Waals surface area contributed by atoms with E-state index in [0.29, 0.717) is 0 Å². The molecule has 0 heterocycles. The van der Waals surface area contributed by atoms with E-state index in [-0.39, 0.29) is 0 Å². The number of rotatable bonds is 4. The Morgan fingerprint density at radius 2 is 1.63 bits per heavy atom. The number of hydrogen-bond acceptors (Lipinski definition) is 2. The zero-order valence-electron chi connectivity index (χ0n) is 12.1. The summed E-state index contributed by atoms with van der Waals surface area (Å²) in [6.07, 6.45) is 2.05. The Morgan fingerprint density at radius 1 is 0.895 bits per heavy atom. The summed E-state index contributed by atoms with van der Waals surface area (Å²) in [5.74, 6) is 0. The van der Waals surface area contributed by atoms with Crippen LogP contribution in [0, 0.1) is 20.8 Å². The van der Waals surface area contributed by atoms with Crippen molar-refractivity contribution >= 4 is 35.8 Å². The predicted octanol–water partition coefficient (Wildman–Crippen LogP) is 2.69. The van der Waals surface area contributed by atoms with Crippen molar-refractivity contribution in [2.75, 3.05) is 11.0 Å². The van der Waals surface area contributed by atoms with Gasteiger partial charge in [-0.15, -0.1) is 0 Å². The van der Waals surface area contributed by atoms with Gasteiger partial charge in [-0.2, -0.15) is 0 Å².